The summed E-state index contributed by atoms with van der Waals surface area (Å²) in [5.41, 5.74) is 1.59. The number of fused-ring (bicyclic) bond motifs is 1. The number of ether oxygens (including phenoxy) is 2. The Morgan fingerprint density at radius 1 is 0.974 bits per heavy atom. The summed E-state index contributed by atoms with van der Waals surface area (Å²) in [4.78, 5) is 40.5. The van der Waals surface area contributed by atoms with E-state index in [4.69, 9.17) is 9.47 Å². The Labute approximate surface area is 224 Å². The zero-order valence-corrected chi connectivity index (χ0v) is 22.5. The van der Waals surface area contributed by atoms with Gasteiger partial charge in [-0.2, -0.15) is 0 Å². The maximum Gasteiger partial charge on any atom is 0.410 e. The van der Waals surface area contributed by atoms with Crippen molar-refractivity contribution in [3.8, 4) is 0 Å². The fourth-order valence-corrected chi connectivity index (χ4v) is 6.29. The van der Waals surface area contributed by atoms with Crippen molar-refractivity contribution in [2.75, 3.05) is 29.8 Å². The number of anilines is 2. The molecule has 200 valence electrons. The molecule has 0 bridgehead atoms. The molecular formula is C26H27N3O7S2. The van der Waals surface area contributed by atoms with Gasteiger partial charge in [-0.25, -0.2) is 18.0 Å². The highest BCUT2D eigenvalue weighted by molar-refractivity contribution is 7.92. The summed E-state index contributed by atoms with van der Waals surface area (Å²) < 4.78 is 37.9. The van der Waals surface area contributed by atoms with E-state index in [0.29, 0.717) is 23.7 Å². The molecule has 0 radical (unpaired) electrons. The Morgan fingerprint density at radius 3 is 2.32 bits per heavy atom. The van der Waals surface area contributed by atoms with Gasteiger partial charge in [0.05, 0.1) is 30.2 Å². The molecule has 1 aliphatic rings. The SMILES string of the molecule is CCOC(=O)c1c(NC(=O)c2ccc(NS(=O)(=O)c3ccccc3)cc2)sc2c1CCN(C(=O)OCC)C2. The largest absolute Gasteiger partial charge is 0.462 e. The fourth-order valence-electron chi connectivity index (χ4n) is 3.96. The first kappa shape index (κ1) is 27.1. The van der Waals surface area contributed by atoms with Crippen LogP contribution in [0.4, 0.5) is 15.5 Å². The molecule has 38 heavy (non-hydrogen) atoms. The molecule has 1 aromatic heterocycles. The van der Waals surface area contributed by atoms with E-state index in [2.05, 4.69) is 10.0 Å². The van der Waals surface area contributed by atoms with Crippen LogP contribution in [-0.4, -0.2) is 51.0 Å². The van der Waals surface area contributed by atoms with Crippen LogP contribution in [0.3, 0.4) is 0 Å². The molecule has 2 aromatic carbocycles. The van der Waals surface area contributed by atoms with Crippen LogP contribution in [0, 0.1) is 0 Å². The Bertz CT molecular complexity index is 1440. The lowest BCUT2D eigenvalue weighted by Crippen LogP contribution is -2.36. The number of carbonyl (C=O) groups excluding carboxylic acids is 3. The molecule has 3 aromatic rings. The average Bonchev–Trinajstić information content (AvgIpc) is 3.26. The lowest BCUT2D eigenvalue weighted by molar-refractivity contribution is 0.0526. The standard InChI is InChI=1S/C26H27N3O7S2/c1-3-35-25(31)22-20-14-15-29(26(32)36-4-2)16-21(20)37-24(22)27-23(30)17-10-12-18(13-11-17)28-38(33,34)19-8-6-5-7-9-19/h5-13,28H,3-4,14-16H2,1-2H3,(H,27,30). The third-order valence-corrected chi connectivity index (χ3v) is 8.27. The molecule has 2 N–H and O–H groups in total. The Balaban J connectivity index is 1.53. The van der Waals surface area contributed by atoms with E-state index in [-0.39, 0.29) is 35.8 Å². The van der Waals surface area contributed by atoms with Crippen molar-refractivity contribution in [3.63, 3.8) is 0 Å². The molecule has 0 saturated heterocycles. The first-order valence-electron chi connectivity index (χ1n) is 12.0. The second-order valence-electron chi connectivity index (χ2n) is 8.25. The highest BCUT2D eigenvalue weighted by atomic mass is 32.2. The quantitative estimate of drug-likeness (QED) is 0.390. The van der Waals surface area contributed by atoms with Crippen molar-refractivity contribution in [2.24, 2.45) is 0 Å². The molecule has 0 spiro atoms. The smallest absolute Gasteiger partial charge is 0.410 e. The van der Waals surface area contributed by atoms with Crippen molar-refractivity contribution in [3.05, 3.63) is 76.2 Å². The molecule has 0 saturated carbocycles. The number of nitrogens with zero attached hydrogens (tertiary/aromatic N) is 1. The molecular weight excluding hydrogens is 530 g/mol. The number of benzene rings is 2. The molecule has 0 atom stereocenters. The van der Waals surface area contributed by atoms with Crippen LogP contribution in [0.2, 0.25) is 0 Å². The predicted octanol–water partition coefficient (Wildman–Crippen LogP) is 4.49. The van der Waals surface area contributed by atoms with Crippen LogP contribution in [0.15, 0.2) is 59.5 Å². The van der Waals surface area contributed by atoms with Crippen molar-refractivity contribution in [1.82, 2.24) is 4.90 Å². The summed E-state index contributed by atoms with van der Waals surface area (Å²) >= 11 is 1.21. The Hall–Kier alpha value is -3.90. The molecule has 1 aliphatic heterocycles. The molecule has 0 unspecified atom stereocenters. The minimum absolute atomic E-state index is 0.122. The van der Waals surface area contributed by atoms with E-state index in [1.54, 1.807) is 36.9 Å². The molecule has 2 amide bonds. The summed E-state index contributed by atoms with van der Waals surface area (Å²) in [6.45, 7) is 4.50. The zero-order valence-electron chi connectivity index (χ0n) is 20.9. The van der Waals surface area contributed by atoms with E-state index in [1.165, 1.54) is 47.7 Å². The van der Waals surface area contributed by atoms with Gasteiger partial charge in [0.2, 0.25) is 0 Å². The topological polar surface area (TPSA) is 131 Å². The Morgan fingerprint density at radius 2 is 1.66 bits per heavy atom. The molecule has 2 heterocycles. The number of rotatable bonds is 8. The van der Waals surface area contributed by atoms with Gasteiger partial charge in [0, 0.05) is 22.7 Å². The molecule has 4 rings (SSSR count). The van der Waals surface area contributed by atoms with Gasteiger partial charge in [-0.05, 0) is 62.2 Å². The number of amides is 2. The third kappa shape index (κ3) is 5.97. The maximum absolute atomic E-state index is 13.1. The average molecular weight is 558 g/mol. The summed E-state index contributed by atoms with van der Waals surface area (Å²) in [6.07, 6.45) is -0.0110. The van der Waals surface area contributed by atoms with Gasteiger partial charge in [0.25, 0.3) is 15.9 Å². The number of hydrogen-bond donors (Lipinski definition) is 2. The molecule has 10 nitrogen and oxygen atoms in total. The summed E-state index contributed by atoms with van der Waals surface area (Å²) in [5, 5.41) is 3.12. The van der Waals surface area contributed by atoms with Crippen LogP contribution < -0.4 is 10.0 Å². The van der Waals surface area contributed by atoms with Gasteiger partial charge in [-0.3, -0.25) is 9.52 Å². The number of thiophene rings is 1. The van der Waals surface area contributed by atoms with Gasteiger partial charge in [-0.1, -0.05) is 18.2 Å². The van der Waals surface area contributed by atoms with Gasteiger partial charge in [0.15, 0.2) is 0 Å². The van der Waals surface area contributed by atoms with Crippen LogP contribution in [0.25, 0.3) is 0 Å². The van der Waals surface area contributed by atoms with Crippen LogP contribution in [0.5, 0.6) is 0 Å². The number of hydrogen-bond acceptors (Lipinski definition) is 8. The minimum atomic E-state index is -3.77. The second kappa shape index (κ2) is 11.7. The van der Waals surface area contributed by atoms with Gasteiger partial charge >= 0.3 is 12.1 Å². The summed E-state index contributed by atoms with van der Waals surface area (Å²) in [5.74, 6) is -1.02. The summed E-state index contributed by atoms with van der Waals surface area (Å²) in [6, 6.07) is 13.9. The van der Waals surface area contributed by atoms with Crippen LogP contribution in [0.1, 0.15) is 45.0 Å². The van der Waals surface area contributed by atoms with Crippen molar-refractivity contribution < 1.29 is 32.3 Å². The van der Waals surface area contributed by atoms with Gasteiger partial charge < -0.3 is 19.7 Å². The van der Waals surface area contributed by atoms with Gasteiger partial charge in [-0.15, -0.1) is 11.3 Å². The maximum atomic E-state index is 13.1. The number of esters is 1. The van der Waals surface area contributed by atoms with E-state index in [0.717, 1.165) is 10.4 Å². The predicted molar refractivity (Wildman–Crippen MR) is 143 cm³/mol. The molecule has 0 fully saturated rings. The first-order chi connectivity index (χ1) is 18.2. The monoisotopic (exact) mass is 557 g/mol. The van der Waals surface area contributed by atoms with Crippen LogP contribution >= 0.6 is 11.3 Å². The van der Waals surface area contributed by atoms with E-state index in [9.17, 15) is 22.8 Å². The fraction of sp³-hybridized carbons (Fsp3) is 0.269. The van der Waals surface area contributed by atoms with Crippen molar-refractivity contribution in [1.29, 1.82) is 0 Å². The first-order valence-corrected chi connectivity index (χ1v) is 14.3. The van der Waals surface area contributed by atoms with E-state index >= 15 is 0 Å². The van der Waals surface area contributed by atoms with Crippen LogP contribution in [-0.2, 0) is 32.5 Å². The second-order valence-corrected chi connectivity index (χ2v) is 11.0. The minimum Gasteiger partial charge on any atom is -0.462 e. The zero-order chi connectivity index (χ0) is 27.3. The lowest BCUT2D eigenvalue weighted by atomic mass is 10.0. The summed E-state index contributed by atoms with van der Waals surface area (Å²) in [7, 11) is -3.77. The van der Waals surface area contributed by atoms with Crippen molar-refractivity contribution >= 4 is 50.0 Å². The van der Waals surface area contributed by atoms with Crippen molar-refractivity contribution in [2.45, 2.75) is 31.7 Å². The van der Waals surface area contributed by atoms with E-state index in [1.807, 2.05) is 0 Å². The van der Waals surface area contributed by atoms with E-state index < -0.39 is 28.0 Å². The number of sulfonamides is 1. The Kier molecular flexibility index (Phi) is 8.32. The number of carbonyl (C=O) groups is 3. The highest BCUT2D eigenvalue weighted by Crippen LogP contribution is 2.38. The molecule has 12 heteroatoms. The normalized spacial score (nSPS) is 12.8. The highest BCUT2D eigenvalue weighted by Gasteiger charge is 2.31. The number of nitrogens with one attached hydrogen (secondary N) is 2. The van der Waals surface area contributed by atoms with Gasteiger partial charge in [0.1, 0.15) is 5.00 Å². The lowest BCUT2D eigenvalue weighted by Gasteiger charge is -2.26. The third-order valence-electron chi connectivity index (χ3n) is 5.74. The molecule has 0 aliphatic carbocycles.